The van der Waals surface area contributed by atoms with E-state index in [0.29, 0.717) is 18.9 Å². The van der Waals surface area contributed by atoms with Crippen molar-refractivity contribution in [2.45, 2.75) is 38.5 Å². The van der Waals surface area contributed by atoms with Crippen LogP contribution < -0.4 is 5.32 Å². The van der Waals surface area contributed by atoms with Gasteiger partial charge in [-0.1, -0.05) is 0 Å². The molecule has 2 aliphatic rings. The molecule has 0 radical (unpaired) electrons. The number of carboxylic acid groups (broad SMARTS) is 1. The second-order valence-electron chi connectivity index (χ2n) is 4.99. The molecule has 90 valence electrons. The number of aliphatic carboxylic acids is 1. The summed E-state index contributed by atoms with van der Waals surface area (Å²) < 4.78 is 0. The molecule has 16 heavy (non-hydrogen) atoms. The molecular formula is C12H19NO3. The first-order valence-electron chi connectivity index (χ1n) is 6.18. The highest BCUT2D eigenvalue weighted by Crippen LogP contribution is 2.54. The van der Waals surface area contributed by atoms with Crippen molar-refractivity contribution in [3.8, 4) is 0 Å². The molecule has 0 aromatic carbocycles. The summed E-state index contributed by atoms with van der Waals surface area (Å²) in [6, 6.07) is 0. The zero-order chi connectivity index (χ0) is 11.5. The van der Waals surface area contributed by atoms with Crippen LogP contribution >= 0.6 is 0 Å². The fourth-order valence-corrected chi connectivity index (χ4v) is 2.31. The van der Waals surface area contributed by atoms with E-state index >= 15 is 0 Å². The highest BCUT2D eigenvalue weighted by atomic mass is 16.4. The average molecular weight is 225 g/mol. The van der Waals surface area contributed by atoms with Gasteiger partial charge in [0.15, 0.2) is 0 Å². The molecule has 0 aromatic heterocycles. The predicted octanol–water partition coefficient (Wildman–Crippen LogP) is 1.40. The number of carbonyl (C=O) groups is 2. The first-order valence-corrected chi connectivity index (χ1v) is 6.18. The Kier molecular flexibility index (Phi) is 3.46. The lowest BCUT2D eigenvalue weighted by Gasteiger charge is -2.03. The van der Waals surface area contributed by atoms with E-state index in [4.69, 9.17) is 5.11 Å². The Morgan fingerprint density at radius 2 is 2.00 bits per heavy atom. The monoisotopic (exact) mass is 225 g/mol. The van der Waals surface area contributed by atoms with Crippen molar-refractivity contribution in [3.63, 3.8) is 0 Å². The SMILES string of the molecule is O=C(O)CCCCNC(=O)[C@@H]1C[C@@H]1C1CC1. The van der Waals surface area contributed by atoms with E-state index in [1.807, 2.05) is 0 Å². The van der Waals surface area contributed by atoms with Crippen molar-refractivity contribution < 1.29 is 14.7 Å². The minimum Gasteiger partial charge on any atom is -0.481 e. The van der Waals surface area contributed by atoms with Gasteiger partial charge in [-0.2, -0.15) is 0 Å². The minimum absolute atomic E-state index is 0.187. The minimum atomic E-state index is -0.762. The second-order valence-corrected chi connectivity index (χ2v) is 4.99. The number of hydrogen-bond donors (Lipinski definition) is 2. The molecule has 2 rings (SSSR count). The van der Waals surface area contributed by atoms with Crippen LogP contribution in [0.5, 0.6) is 0 Å². The van der Waals surface area contributed by atoms with E-state index in [1.165, 1.54) is 12.8 Å². The summed E-state index contributed by atoms with van der Waals surface area (Å²) in [6.45, 7) is 0.625. The smallest absolute Gasteiger partial charge is 0.303 e. The van der Waals surface area contributed by atoms with Crippen molar-refractivity contribution in [2.75, 3.05) is 6.54 Å². The first kappa shape index (κ1) is 11.4. The molecule has 2 fully saturated rings. The van der Waals surface area contributed by atoms with E-state index in [0.717, 1.165) is 18.8 Å². The van der Waals surface area contributed by atoms with Crippen LogP contribution in [0.15, 0.2) is 0 Å². The molecule has 0 aromatic rings. The van der Waals surface area contributed by atoms with Crippen LogP contribution in [0.25, 0.3) is 0 Å². The van der Waals surface area contributed by atoms with Crippen LogP contribution in [0.1, 0.15) is 38.5 Å². The quantitative estimate of drug-likeness (QED) is 0.644. The maximum Gasteiger partial charge on any atom is 0.303 e. The van der Waals surface area contributed by atoms with Gasteiger partial charge in [-0.25, -0.2) is 0 Å². The molecule has 2 atom stereocenters. The lowest BCUT2D eigenvalue weighted by Crippen LogP contribution is -2.26. The molecule has 0 unspecified atom stereocenters. The van der Waals surface area contributed by atoms with Crippen molar-refractivity contribution in [1.82, 2.24) is 5.32 Å². The van der Waals surface area contributed by atoms with E-state index < -0.39 is 5.97 Å². The van der Waals surface area contributed by atoms with Crippen molar-refractivity contribution >= 4 is 11.9 Å². The zero-order valence-corrected chi connectivity index (χ0v) is 9.45. The topological polar surface area (TPSA) is 66.4 Å². The summed E-state index contributed by atoms with van der Waals surface area (Å²) in [6.07, 6.45) is 5.31. The van der Waals surface area contributed by atoms with Crippen LogP contribution in [0, 0.1) is 17.8 Å². The first-order chi connectivity index (χ1) is 7.68. The largest absolute Gasteiger partial charge is 0.481 e. The number of carbonyl (C=O) groups excluding carboxylic acids is 1. The van der Waals surface area contributed by atoms with Gasteiger partial charge in [0.1, 0.15) is 0 Å². The summed E-state index contributed by atoms with van der Waals surface area (Å²) in [5, 5.41) is 11.3. The third-order valence-electron chi connectivity index (χ3n) is 3.52. The van der Waals surface area contributed by atoms with Gasteiger partial charge in [-0.05, 0) is 43.9 Å². The second kappa shape index (κ2) is 4.85. The predicted molar refractivity (Wildman–Crippen MR) is 58.8 cm³/mol. The fraction of sp³-hybridized carbons (Fsp3) is 0.833. The molecule has 0 saturated heterocycles. The normalized spacial score (nSPS) is 27.5. The number of nitrogens with one attached hydrogen (secondary N) is 1. The molecule has 0 spiro atoms. The number of carboxylic acids is 1. The highest BCUT2D eigenvalue weighted by Gasteiger charge is 2.50. The van der Waals surface area contributed by atoms with Gasteiger partial charge in [-0.15, -0.1) is 0 Å². The summed E-state index contributed by atoms with van der Waals surface area (Å²) in [5.41, 5.74) is 0. The van der Waals surface area contributed by atoms with Gasteiger partial charge >= 0.3 is 5.97 Å². The van der Waals surface area contributed by atoms with Crippen LogP contribution in [0.4, 0.5) is 0 Å². The molecule has 2 N–H and O–H groups in total. The highest BCUT2D eigenvalue weighted by molar-refractivity contribution is 5.81. The third-order valence-corrected chi connectivity index (χ3v) is 3.52. The van der Waals surface area contributed by atoms with Gasteiger partial charge in [0, 0.05) is 18.9 Å². The molecule has 0 bridgehead atoms. The number of hydrogen-bond acceptors (Lipinski definition) is 2. The maximum absolute atomic E-state index is 11.6. The van der Waals surface area contributed by atoms with E-state index in [1.54, 1.807) is 0 Å². The Bertz CT molecular complexity index is 286. The number of unbranched alkanes of at least 4 members (excludes halogenated alkanes) is 1. The van der Waals surface area contributed by atoms with Crippen LogP contribution in [-0.4, -0.2) is 23.5 Å². The van der Waals surface area contributed by atoms with Crippen LogP contribution in [0.3, 0.4) is 0 Å². The molecule has 0 aliphatic heterocycles. The van der Waals surface area contributed by atoms with Crippen LogP contribution in [-0.2, 0) is 9.59 Å². The fourth-order valence-electron chi connectivity index (χ4n) is 2.31. The maximum atomic E-state index is 11.6. The Morgan fingerprint density at radius 3 is 2.62 bits per heavy atom. The van der Waals surface area contributed by atoms with Crippen molar-refractivity contribution in [3.05, 3.63) is 0 Å². The molecule has 4 heteroatoms. The molecule has 2 aliphatic carbocycles. The molecule has 2 saturated carbocycles. The molecule has 0 heterocycles. The van der Waals surface area contributed by atoms with Gasteiger partial charge in [0.2, 0.25) is 5.91 Å². The van der Waals surface area contributed by atoms with Gasteiger partial charge in [0.25, 0.3) is 0 Å². The third kappa shape index (κ3) is 3.22. The van der Waals surface area contributed by atoms with Gasteiger partial charge in [0.05, 0.1) is 0 Å². The average Bonchev–Trinajstić information content (AvgIpc) is 3.06. The van der Waals surface area contributed by atoms with E-state index in [2.05, 4.69) is 5.32 Å². The molecular weight excluding hydrogens is 206 g/mol. The van der Waals surface area contributed by atoms with Crippen LogP contribution in [0.2, 0.25) is 0 Å². The van der Waals surface area contributed by atoms with Crippen molar-refractivity contribution in [1.29, 1.82) is 0 Å². The lowest BCUT2D eigenvalue weighted by atomic mass is 10.2. The Labute approximate surface area is 95.4 Å². The summed E-state index contributed by atoms with van der Waals surface area (Å²) in [7, 11) is 0. The summed E-state index contributed by atoms with van der Waals surface area (Å²) >= 11 is 0. The van der Waals surface area contributed by atoms with E-state index in [-0.39, 0.29) is 18.2 Å². The van der Waals surface area contributed by atoms with Gasteiger partial charge in [-0.3, -0.25) is 9.59 Å². The Hall–Kier alpha value is -1.06. The molecule has 4 nitrogen and oxygen atoms in total. The Balaban J connectivity index is 1.50. The zero-order valence-electron chi connectivity index (χ0n) is 9.45. The lowest BCUT2D eigenvalue weighted by molar-refractivity contribution is -0.137. The van der Waals surface area contributed by atoms with Gasteiger partial charge < -0.3 is 10.4 Å². The molecule has 1 amide bonds. The standard InChI is InChI=1S/C12H19NO3/c14-11(15)3-1-2-6-13-12(16)10-7-9(10)8-4-5-8/h8-10H,1-7H2,(H,13,16)(H,14,15)/t9-,10-/m1/s1. The number of rotatable bonds is 7. The Morgan fingerprint density at radius 1 is 1.25 bits per heavy atom. The number of amides is 1. The summed E-state index contributed by atoms with van der Waals surface area (Å²) in [5.74, 6) is 1.20. The van der Waals surface area contributed by atoms with Crippen molar-refractivity contribution in [2.24, 2.45) is 17.8 Å². The summed E-state index contributed by atoms with van der Waals surface area (Å²) in [4.78, 5) is 21.9. The van der Waals surface area contributed by atoms with E-state index in [9.17, 15) is 9.59 Å².